The number of aryl methyl sites for hydroxylation is 1. The van der Waals surface area contributed by atoms with Gasteiger partial charge >= 0.3 is 0 Å². The van der Waals surface area contributed by atoms with Gasteiger partial charge in [-0.05, 0) is 44.5 Å². The fraction of sp³-hybridized carbons (Fsp3) is 0.667. The summed E-state index contributed by atoms with van der Waals surface area (Å²) in [7, 11) is 4.22. The van der Waals surface area contributed by atoms with Crippen molar-refractivity contribution in [2.45, 2.75) is 63.5 Å². The first-order chi connectivity index (χ1) is 9.60. The molecule has 20 heavy (non-hydrogen) atoms. The zero-order valence-corrected chi connectivity index (χ0v) is 13.2. The molecule has 0 bridgehead atoms. The minimum absolute atomic E-state index is 0.0788. The van der Waals surface area contributed by atoms with Gasteiger partial charge in [-0.1, -0.05) is 56.9 Å². The number of rotatable bonds is 5. The van der Waals surface area contributed by atoms with Gasteiger partial charge in [0, 0.05) is 0 Å². The molecule has 1 N–H and O–H groups in total. The molecule has 0 radical (unpaired) electrons. The Morgan fingerprint density at radius 3 is 2.20 bits per heavy atom. The maximum atomic E-state index is 10.9. The maximum absolute atomic E-state index is 10.9. The van der Waals surface area contributed by atoms with Gasteiger partial charge in [-0.15, -0.1) is 0 Å². The molecule has 1 aliphatic rings. The maximum Gasteiger partial charge on any atom is 0.0973 e. The van der Waals surface area contributed by atoms with Crippen molar-refractivity contribution in [3.8, 4) is 0 Å². The summed E-state index contributed by atoms with van der Waals surface area (Å²) in [6.45, 7) is 2.20. The summed E-state index contributed by atoms with van der Waals surface area (Å²) in [6.07, 6.45) is 7.85. The molecular formula is C18H29NO. The summed E-state index contributed by atoms with van der Waals surface area (Å²) < 4.78 is 0. The van der Waals surface area contributed by atoms with Crippen molar-refractivity contribution in [1.82, 2.24) is 4.90 Å². The molecule has 0 aromatic heterocycles. The van der Waals surface area contributed by atoms with Gasteiger partial charge in [0.1, 0.15) is 0 Å². The van der Waals surface area contributed by atoms with Crippen LogP contribution in [0.4, 0.5) is 0 Å². The van der Waals surface area contributed by atoms with Crippen molar-refractivity contribution >= 4 is 0 Å². The Kier molecular flexibility index (Phi) is 5.22. The van der Waals surface area contributed by atoms with Crippen LogP contribution in [0.15, 0.2) is 24.3 Å². The fourth-order valence-electron chi connectivity index (χ4n) is 3.59. The van der Waals surface area contributed by atoms with Crippen molar-refractivity contribution in [1.29, 1.82) is 0 Å². The molecule has 1 fully saturated rings. The minimum atomic E-state index is -0.381. The molecule has 1 saturated carbocycles. The fourth-order valence-corrected chi connectivity index (χ4v) is 3.59. The van der Waals surface area contributed by atoms with Crippen LogP contribution in [0.3, 0.4) is 0 Å². The smallest absolute Gasteiger partial charge is 0.0973 e. The van der Waals surface area contributed by atoms with Gasteiger partial charge in [0.05, 0.1) is 11.6 Å². The summed E-state index contributed by atoms with van der Waals surface area (Å²) in [5, 5.41) is 10.9. The Bertz CT molecular complexity index is 404. The van der Waals surface area contributed by atoms with Crippen molar-refractivity contribution in [2.24, 2.45) is 0 Å². The van der Waals surface area contributed by atoms with E-state index in [4.69, 9.17) is 0 Å². The van der Waals surface area contributed by atoms with Crippen LogP contribution in [-0.2, 0) is 6.42 Å². The van der Waals surface area contributed by atoms with E-state index < -0.39 is 0 Å². The first-order valence-electron chi connectivity index (χ1n) is 8.04. The van der Waals surface area contributed by atoms with Gasteiger partial charge in [0.25, 0.3) is 0 Å². The molecule has 0 amide bonds. The highest BCUT2D eigenvalue weighted by molar-refractivity contribution is 5.27. The number of nitrogens with zero attached hydrogens (tertiary/aromatic N) is 1. The minimum Gasteiger partial charge on any atom is -0.386 e. The normalized spacial score (nSPS) is 20.1. The summed E-state index contributed by atoms with van der Waals surface area (Å²) >= 11 is 0. The van der Waals surface area contributed by atoms with E-state index in [1.807, 2.05) is 0 Å². The van der Waals surface area contributed by atoms with Crippen molar-refractivity contribution in [3.63, 3.8) is 0 Å². The molecule has 1 unspecified atom stereocenters. The lowest BCUT2D eigenvalue weighted by atomic mass is 9.74. The van der Waals surface area contributed by atoms with Gasteiger partial charge in [0.2, 0.25) is 0 Å². The highest BCUT2D eigenvalue weighted by Gasteiger charge is 2.41. The summed E-state index contributed by atoms with van der Waals surface area (Å²) in [4.78, 5) is 2.25. The van der Waals surface area contributed by atoms with E-state index in [0.717, 1.165) is 24.8 Å². The lowest BCUT2D eigenvalue weighted by Gasteiger charge is -2.46. The first kappa shape index (κ1) is 15.5. The number of hydrogen-bond acceptors (Lipinski definition) is 2. The standard InChI is InChI=1S/C18H29NO/c1-4-8-15-9-11-16(12-10-15)17(20)18(19(2)3)13-6-5-7-14-18/h9-12,17,20H,4-8,13-14H2,1-3H3. The molecule has 1 atom stereocenters. The third-order valence-corrected chi connectivity index (χ3v) is 4.95. The highest BCUT2D eigenvalue weighted by atomic mass is 16.3. The molecule has 1 aromatic rings. The first-order valence-corrected chi connectivity index (χ1v) is 8.04. The molecule has 0 spiro atoms. The van der Waals surface area contributed by atoms with Crippen molar-refractivity contribution < 1.29 is 5.11 Å². The van der Waals surface area contributed by atoms with Crippen LogP contribution >= 0.6 is 0 Å². The Labute approximate surface area is 123 Å². The van der Waals surface area contributed by atoms with Crippen LogP contribution in [0.25, 0.3) is 0 Å². The van der Waals surface area contributed by atoms with Gasteiger partial charge in [-0.2, -0.15) is 0 Å². The Balaban J connectivity index is 2.20. The molecular weight excluding hydrogens is 246 g/mol. The largest absolute Gasteiger partial charge is 0.386 e. The number of aliphatic hydroxyl groups is 1. The van der Waals surface area contributed by atoms with E-state index in [9.17, 15) is 5.11 Å². The van der Waals surface area contributed by atoms with Crippen LogP contribution < -0.4 is 0 Å². The van der Waals surface area contributed by atoms with E-state index in [1.54, 1.807) is 0 Å². The molecule has 1 aliphatic carbocycles. The average molecular weight is 275 g/mol. The van der Waals surface area contributed by atoms with Gasteiger partial charge < -0.3 is 10.0 Å². The Morgan fingerprint density at radius 2 is 1.70 bits per heavy atom. The quantitative estimate of drug-likeness (QED) is 0.880. The molecule has 0 aliphatic heterocycles. The molecule has 1 aromatic carbocycles. The van der Waals surface area contributed by atoms with E-state index in [2.05, 4.69) is 50.2 Å². The predicted molar refractivity (Wildman–Crippen MR) is 84.9 cm³/mol. The molecule has 0 heterocycles. The zero-order chi connectivity index (χ0) is 14.6. The van der Waals surface area contributed by atoms with Crippen LogP contribution in [-0.4, -0.2) is 29.6 Å². The summed E-state index contributed by atoms with van der Waals surface area (Å²) in [6, 6.07) is 8.59. The lowest BCUT2D eigenvalue weighted by molar-refractivity contribution is -0.0336. The van der Waals surface area contributed by atoms with E-state index in [0.29, 0.717) is 0 Å². The van der Waals surface area contributed by atoms with Crippen LogP contribution in [0, 0.1) is 0 Å². The van der Waals surface area contributed by atoms with Gasteiger partial charge in [-0.25, -0.2) is 0 Å². The van der Waals surface area contributed by atoms with E-state index >= 15 is 0 Å². The van der Waals surface area contributed by atoms with Crippen molar-refractivity contribution in [2.75, 3.05) is 14.1 Å². The molecule has 2 heteroatoms. The second kappa shape index (κ2) is 6.73. The van der Waals surface area contributed by atoms with E-state index in [1.165, 1.54) is 31.2 Å². The third kappa shape index (κ3) is 3.07. The second-order valence-electron chi connectivity index (χ2n) is 6.45. The summed E-state index contributed by atoms with van der Waals surface area (Å²) in [5.41, 5.74) is 2.36. The topological polar surface area (TPSA) is 23.5 Å². The van der Waals surface area contributed by atoms with Crippen LogP contribution in [0.5, 0.6) is 0 Å². The van der Waals surface area contributed by atoms with Gasteiger partial charge in [0.15, 0.2) is 0 Å². The van der Waals surface area contributed by atoms with Crippen LogP contribution in [0.2, 0.25) is 0 Å². The Morgan fingerprint density at radius 1 is 1.10 bits per heavy atom. The molecule has 2 nitrogen and oxygen atoms in total. The molecule has 112 valence electrons. The number of aliphatic hydroxyl groups excluding tert-OH is 1. The molecule has 0 saturated heterocycles. The van der Waals surface area contributed by atoms with Crippen molar-refractivity contribution in [3.05, 3.63) is 35.4 Å². The number of benzene rings is 1. The zero-order valence-electron chi connectivity index (χ0n) is 13.2. The monoisotopic (exact) mass is 275 g/mol. The highest BCUT2D eigenvalue weighted by Crippen LogP contribution is 2.41. The second-order valence-corrected chi connectivity index (χ2v) is 6.45. The molecule has 2 rings (SSSR count). The predicted octanol–water partition coefficient (Wildman–Crippen LogP) is 3.94. The SMILES string of the molecule is CCCc1ccc(C(O)C2(N(C)C)CCCCC2)cc1. The number of likely N-dealkylation sites (N-methyl/N-ethyl adjacent to an activating group) is 1. The third-order valence-electron chi connectivity index (χ3n) is 4.95. The van der Waals surface area contributed by atoms with E-state index in [-0.39, 0.29) is 11.6 Å². The van der Waals surface area contributed by atoms with Gasteiger partial charge in [-0.3, -0.25) is 0 Å². The lowest BCUT2D eigenvalue weighted by Crippen LogP contribution is -2.50. The average Bonchev–Trinajstić information content (AvgIpc) is 2.48. The summed E-state index contributed by atoms with van der Waals surface area (Å²) in [5.74, 6) is 0. The Hall–Kier alpha value is -0.860. The number of hydrogen-bond donors (Lipinski definition) is 1. The van der Waals surface area contributed by atoms with Crippen LogP contribution in [0.1, 0.15) is 62.7 Å².